The van der Waals surface area contributed by atoms with Crippen molar-refractivity contribution >= 4 is 41.2 Å². The number of imide groups is 2. The second-order valence-electron chi connectivity index (χ2n) is 8.07. The summed E-state index contributed by atoms with van der Waals surface area (Å²) in [6, 6.07) is 18.9. The summed E-state index contributed by atoms with van der Waals surface area (Å²) in [7, 11) is 0. The van der Waals surface area contributed by atoms with Gasteiger partial charge in [-0.05, 0) is 72.5 Å². The number of halogens is 1. The van der Waals surface area contributed by atoms with Gasteiger partial charge in [0.15, 0.2) is 0 Å². The molecule has 1 fully saturated rings. The maximum atomic E-state index is 13.1. The van der Waals surface area contributed by atoms with Crippen molar-refractivity contribution in [3.63, 3.8) is 0 Å². The molecule has 0 atom stereocenters. The van der Waals surface area contributed by atoms with Gasteiger partial charge < -0.3 is 4.74 Å². The van der Waals surface area contributed by atoms with Crippen LogP contribution < -0.4 is 15.0 Å². The van der Waals surface area contributed by atoms with Crippen LogP contribution >= 0.6 is 11.6 Å². The standard InChI is InChI=1S/C28H23ClN2O4/c1-3-4-21-15-20(9-14-25(21)35-17-19-7-10-22(29)11-8-19)16-24-26(32)30-28(34)31(27(24)33)23-12-5-18(2)6-13-23/h3,5-16H,1,4,17H2,2H3,(H,30,32,34)/b24-16+. The number of aryl methyl sites for hydroxylation is 1. The lowest BCUT2D eigenvalue weighted by Crippen LogP contribution is -2.54. The van der Waals surface area contributed by atoms with Crippen LogP contribution in [0.4, 0.5) is 10.5 Å². The summed E-state index contributed by atoms with van der Waals surface area (Å²) in [5.41, 5.74) is 3.67. The smallest absolute Gasteiger partial charge is 0.335 e. The van der Waals surface area contributed by atoms with Gasteiger partial charge in [0.2, 0.25) is 0 Å². The Labute approximate surface area is 208 Å². The van der Waals surface area contributed by atoms with Gasteiger partial charge >= 0.3 is 6.03 Å². The minimum atomic E-state index is -0.778. The van der Waals surface area contributed by atoms with Gasteiger partial charge in [-0.1, -0.05) is 53.6 Å². The molecule has 1 saturated heterocycles. The van der Waals surface area contributed by atoms with Gasteiger partial charge in [-0.2, -0.15) is 0 Å². The minimum Gasteiger partial charge on any atom is -0.489 e. The number of nitrogens with one attached hydrogen (secondary N) is 1. The van der Waals surface area contributed by atoms with Gasteiger partial charge in [0.1, 0.15) is 17.9 Å². The van der Waals surface area contributed by atoms with Crippen molar-refractivity contribution in [3.05, 3.63) is 112 Å². The SMILES string of the molecule is C=CCc1cc(/C=C2\C(=O)NC(=O)N(c3ccc(C)cc3)C2=O)ccc1OCc1ccc(Cl)cc1. The molecule has 7 heteroatoms. The van der Waals surface area contributed by atoms with E-state index in [1.165, 1.54) is 6.08 Å². The number of amides is 4. The van der Waals surface area contributed by atoms with Crippen LogP contribution in [0.1, 0.15) is 22.3 Å². The molecule has 35 heavy (non-hydrogen) atoms. The van der Waals surface area contributed by atoms with E-state index in [0.29, 0.717) is 35.1 Å². The first kappa shape index (κ1) is 24.0. The van der Waals surface area contributed by atoms with Crippen LogP contribution in [0.15, 0.2) is 85.0 Å². The normalized spacial score (nSPS) is 14.7. The van der Waals surface area contributed by atoms with Gasteiger partial charge in [-0.15, -0.1) is 6.58 Å². The third kappa shape index (κ3) is 5.50. The molecule has 1 heterocycles. The summed E-state index contributed by atoms with van der Waals surface area (Å²) < 4.78 is 5.99. The molecule has 0 aliphatic carbocycles. The maximum absolute atomic E-state index is 13.1. The Morgan fingerprint density at radius 3 is 2.40 bits per heavy atom. The molecule has 176 valence electrons. The fourth-order valence-corrected chi connectivity index (χ4v) is 3.77. The Hall–Kier alpha value is -4.16. The quantitative estimate of drug-likeness (QED) is 0.267. The van der Waals surface area contributed by atoms with Gasteiger partial charge in [0.05, 0.1) is 5.69 Å². The molecular weight excluding hydrogens is 464 g/mol. The summed E-state index contributed by atoms with van der Waals surface area (Å²) in [4.78, 5) is 39.0. The summed E-state index contributed by atoms with van der Waals surface area (Å²) >= 11 is 5.94. The molecule has 1 aliphatic rings. The number of hydrogen-bond acceptors (Lipinski definition) is 4. The monoisotopic (exact) mass is 486 g/mol. The number of barbiturate groups is 1. The van der Waals surface area contributed by atoms with Crippen LogP contribution in [-0.2, 0) is 22.6 Å². The van der Waals surface area contributed by atoms with Gasteiger partial charge in [0, 0.05) is 5.02 Å². The minimum absolute atomic E-state index is 0.135. The summed E-state index contributed by atoms with van der Waals surface area (Å²) in [5, 5.41) is 2.90. The number of carbonyl (C=O) groups is 3. The molecule has 0 bridgehead atoms. The fourth-order valence-electron chi connectivity index (χ4n) is 3.64. The molecule has 0 radical (unpaired) electrons. The summed E-state index contributed by atoms with van der Waals surface area (Å²) in [6.45, 7) is 6.07. The Balaban J connectivity index is 1.60. The average Bonchev–Trinajstić information content (AvgIpc) is 2.83. The van der Waals surface area contributed by atoms with E-state index in [9.17, 15) is 14.4 Å². The van der Waals surface area contributed by atoms with E-state index in [-0.39, 0.29) is 5.57 Å². The molecule has 0 saturated carbocycles. The molecule has 0 spiro atoms. The fraction of sp³-hybridized carbons (Fsp3) is 0.107. The predicted octanol–water partition coefficient (Wildman–Crippen LogP) is 5.62. The molecule has 3 aromatic rings. The van der Waals surface area contributed by atoms with Crippen molar-refractivity contribution in [1.29, 1.82) is 0 Å². The van der Waals surface area contributed by atoms with Crippen molar-refractivity contribution in [2.24, 2.45) is 0 Å². The van der Waals surface area contributed by atoms with Gasteiger partial charge in [-0.3, -0.25) is 14.9 Å². The predicted molar refractivity (Wildman–Crippen MR) is 136 cm³/mol. The Kier molecular flexibility index (Phi) is 7.13. The lowest BCUT2D eigenvalue weighted by Gasteiger charge is -2.26. The number of ether oxygens (including phenoxy) is 1. The zero-order valence-electron chi connectivity index (χ0n) is 19.1. The first-order chi connectivity index (χ1) is 16.9. The number of hydrogen-bond donors (Lipinski definition) is 1. The first-order valence-corrected chi connectivity index (χ1v) is 11.3. The Morgan fingerprint density at radius 1 is 1.00 bits per heavy atom. The van der Waals surface area contributed by atoms with Crippen LogP contribution in [0.5, 0.6) is 5.75 Å². The highest BCUT2D eigenvalue weighted by Crippen LogP contribution is 2.26. The lowest BCUT2D eigenvalue weighted by molar-refractivity contribution is -0.122. The molecule has 4 rings (SSSR count). The van der Waals surface area contributed by atoms with Crippen LogP contribution in [-0.4, -0.2) is 17.8 Å². The molecule has 4 amide bonds. The largest absolute Gasteiger partial charge is 0.489 e. The summed E-state index contributed by atoms with van der Waals surface area (Å²) in [6.07, 6.45) is 3.75. The molecule has 1 N–H and O–H groups in total. The van der Waals surface area contributed by atoms with Gasteiger partial charge in [-0.25, -0.2) is 9.69 Å². The molecular formula is C28H23ClN2O4. The van der Waals surface area contributed by atoms with Crippen LogP contribution in [0.2, 0.25) is 5.02 Å². The number of urea groups is 1. The number of carbonyl (C=O) groups excluding carboxylic acids is 3. The van der Waals surface area contributed by atoms with Crippen molar-refractivity contribution in [3.8, 4) is 5.75 Å². The number of rotatable bonds is 7. The highest BCUT2D eigenvalue weighted by Gasteiger charge is 2.36. The van der Waals surface area contributed by atoms with E-state index in [4.69, 9.17) is 16.3 Å². The van der Waals surface area contributed by atoms with E-state index in [1.54, 1.807) is 54.6 Å². The van der Waals surface area contributed by atoms with E-state index in [0.717, 1.165) is 21.6 Å². The zero-order chi connectivity index (χ0) is 24.9. The van der Waals surface area contributed by atoms with E-state index in [2.05, 4.69) is 11.9 Å². The first-order valence-electron chi connectivity index (χ1n) is 10.9. The number of nitrogens with zero attached hydrogens (tertiary/aromatic N) is 1. The molecule has 3 aromatic carbocycles. The third-order valence-electron chi connectivity index (χ3n) is 5.46. The number of benzene rings is 3. The zero-order valence-corrected chi connectivity index (χ0v) is 19.8. The summed E-state index contributed by atoms with van der Waals surface area (Å²) in [5.74, 6) is -0.759. The van der Waals surface area contributed by atoms with Crippen LogP contribution in [0.25, 0.3) is 6.08 Å². The lowest BCUT2D eigenvalue weighted by atomic mass is 10.0. The maximum Gasteiger partial charge on any atom is 0.335 e. The van der Waals surface area contributed by atoms with Crippen molar-refractivity contribution < 1.29 is 19.1 Å². The van der Waals surface area contributed by atoms with Gasteiger partial charge in [0.25, 0.3) is 11.8 Å². The Morgan fingerprint density at radius 2 is 1.71 bits per heavy atom. The van der Waals surface area contributed by atoms with Crippen LogP contribution in [0.3, 0.4) is 0 Å². The molecule has 0 aromatic heterocycles. The second kappa shape index (κ2) is 10.4. The highest BCUT2D eigenvalue weighted by molar-refractivity contribution is 6.39. The number of anilines is 1. The van der Waals surface area contributed by atoms with E-state index in [1.807, 2.05) is 25.1 Å². The topological polar surface area (TPSA) is 75.7 Å². The van der Waals surface area contributed by atoms with Crippen molar-refractivity contribution in [1.82, 2.24) is 5.32 Å². The van der Waals surface area contributed by atoms with Crippen LogP contribution in [0, 0.1) is 6.92 Å². The number of allylic oxidation sites excluding steroid dienone is 1. The highest BCUT2D eigenvalue weighted by atomic mass is 35.5. The van der Waals surface area contributed by atoms with E-state index >= 15 is 0 Å². The molecule has 0 unspecified atom stereocenters. The molecule has 6 nitrogen and oxygen atoms in total. The van der Waals surface area contributed by atoms with Crippen molar-refractivity contribution in [2.75, 3.05) is 4.90 Å². The Bertz CT molecular complexity index is 1330. The molecule has 1 aliphatic heterocycles. The van der Waals surface area contributed by atoms with Crippen molar-refractivity contribution in [2.45, 2.75) is 20.0 Å². The third-order valence-corrected chi connectivity index (χ3v) is 5.71. The van der Waals surface area contributed by atoms with E-state index < -0.39 is 17.8 Å². The second-order valence-corrected chi connectivity index (χ2v) is 8.50. The average molecular weight is 487 g/mol.